The lowest BCUT2D eigenvalue weighted by Gasteiger charge is -2.36. The van der Waals surface area contributed by atoms with Gasteiger partial charge in [0.05, 0.1) is 35.7 Å². The van der Waals surface area contributed by atoms with Gasteiger partial charge < -0.3 is 15.4 Å². The summed E-state index contributed by atoms with van der Waals surface area (Å²) in [6.45, 7) is 8.85. The normalized spacial score (nSPS) is 17.8. The van der Waals surface area contributed by atoms with E-state index in [0.29, 0.717) is 25.2 Å². The lowest BCUT2D eigenvalue weighted by Crippen LogP contribution is -2.46. The third-order valence-corrected chi connectivity index (χ3v) is 8.40. The molecule has 10 heteroatoms. The Labute approximate surface area is 215 Å². The Morgan fingerprint density at radius 1 is 1.31 bits per heavy atom. The summed E-state index contributed by atoms with van der Waals surface area (Å²) in [5, 5.41) is 6.19. The largest absolute Gasteiger partial charge is 0.496 e. The minimum Gasteiger partial charge on any atom is -0.496 e. The fraction of sp³-hybridized carbons (Fsp3) is 0.500. The molecule has 1 aliphatic carbocycles. The molecule has 2 N–H and O–H groups in total. The number of nitrogens with two attached hydrogens (primary N) is 1. The van der Waals surface area contributed by atoms with Crippen molar-refractivity contribution in [3.05, 3.63) is 41.4 Å². The molecule has 1 amide bonds. The number of aryl methyl sites for hydroxylation is 1. The first kappa shape index (κ1) is 24.5. The van der Waals surface area contributed by atoms with Crippen LogP contribution in [0.4, 0.5) is 5.95 Å². The van der Waals surface area contributed by atoms with Crippen molar-refractivity contribution in [2.75, 3.05) is 19.4 Å². The lowest BCUT2D eigenvalue weighted by atomic mass is 9.93. The second-order valence-electron chi connectivity index (χ2n) is 9.62. The second-order valence-corrected chi connectivity index (χ2v) is 10.8. The molecule has 1 atom stereocenters. The summed E-state index contributed by atoms with van der Waals surface area (Å²) < 4.78 is 7.41. The number of nitrogen functional groups attached to an aromatic ring is 1. The Morgan fingerprint density at radius 3 is 2.81 bits per heavy atom. The molecular formula is C26H33N7O2S. The second kappa shape index (κ2) is 10.1. The summed E-state index contributed by atoms with van der Waals surface area (Å²) in [6, 6.07) is 0.268. The van der Waals surface area contributed by atoms with E-state index in [1.165, 1.54) is 18.2 Å². The van der Waals surface area contributed by atoms with Crippen LogP contribution < -0.4 is 10.5 Å². The summed E-state index contributed by atoms with van der Waals surface area (Å²) in [4.78, 5) is 29.4. The fourth-order valence-corrected chi connectivity index (χ4v) is 6.68. The van der Waals surface area contributed by atoms with Crippen molar-refractivity contribution >= 4 is 34.7 Å². The van der Waals surface area contributed by atoms with Crippen LogP contribution in [-0.2, 0) is 17.8 Å². The van der Waals surface area contributed by atoms with E-state index in [1.54, 1.807) is 7.11 Å². The number of amides is 1. The van der Waals surface area contributed by atoms with Crippen LogP contribution in [0.2, 0.25) is 0 Å². The van der Waals surface area contributed by atoms with Crippen LogP contribution in [0, 0.1) is 13.8 Å². The van der Waals surface area contributed by atoms with Gasteiger partial charge in [0.25, 0.3) is 0 Å². The van der Waals surface area contributed by atoms with Crippen LogP contribution in [0.5, 0.6) is 5.75 Å². The van der Waals surface area contributed by atoms with Crippen molar-refractivity contribution in [1.82, 2.24) is 29.6 Å². The predicted molar refractivity (Wildman–Crippen MR) is 141 cm³/mol. The molecule has 190 valence electrons. The summed E-state index contributed by atoms with van der Waals surface area (Å²) in [5.74, 6) is 1.12. The van der Waals surface area contributed by atoms with Crippen LogP contribution in [0.3, 0.4) is 0 Å². The van der Waals surface area contributed by atoms with Crippen molar-refractivity contribution in [1.29, 1.82) is 0 Å². The van der Waals surface area contributed by atoms with E-state index in [2.05, 4.69) is 21.5 Å². The molecule has 0 spiro atoms. The van der Waals surface area contributed by atoms with Crippen LogP contribution in [0.15, 0.2) is 23.9 Å². The summed E-state index contributed by atoms with van der Waals surface area (Å²) in [7, 11) is 1.67. The zero-order valence-electron chi connectivity index (χ0n) is 21.2. The molecule has 2 aliphatic rings. The highest BCUT2D eigenvalue weighted by molar-refractivity contribution is 8.00. The van der Waals surface area contributed by atoms with E-state index in [9.17, 15) is 4.79 Å². The maximum absolute atomic E-state index is 13.8. The molecule has 3 aromatic heterocycles. The number of hydrogen-bond acceptors (Lipinski definition) is 8. The standard InChI is InChI=1S/C26H33N7O2S/c1-5-11-32(17-9-7-6-8-10-17)25(34)20-12-18-21-23(29-26(27)30-24(21)36-20)33(31-18)14-19-16(3)22(35-4)15(2)13-28-19/h5,13,17,20H,1,6-12,14H2,2-4H3,(H2,27,29,30). The van der Waals surface area contributed by atoms with Gasteiger partial charge in [-0.05, 0) is 26.7 Å². The highest BCUT2D eigenvalue weighted by Crippen LogP contribution is 2.40. The Balaban J connectivity index is 1.48. The molecule has 1 unspecified atom stereocenters. The number of thioether (sulfide) groups is 1. The average molecular weight is 508 g/mol. The van der Waals surface area contributed by atoms with E-state index in [1.807, 2.05) is 35.7 Å². The number of carbonyl (C=O) groups excluding carboxylic acids is 1. The van der Waals surface area contributed by atoms with Crippen LogP contribution in [-0.4, -0.2) is 60.5 Å². The number of pyridine rings is 1. The number of aromatic nitrogens is 5. The van der Waals surface area contributed by atoms with Crippen LogP contribution >= 0.6 is 11.8 Å². The van der Waals surface area contributed by atoms with Gasteiger partial charge in [-0.3, -0.25) is 9.78 Å². The number of hydrogen-bond donors (Lipinski definition) is 1. The van der Waals surface area contributed by atoms with Gasteiger partial charge in [-0.15, -0.1) is 6.58 Å². The maximum Gasteiger partial charge on any atom is 0.237 e. The molecule has 0 aromatic carbocycles. The third-order valence-electron chi connectivity index (χ3n) is 7.23. The first-order valence-corrected chi connectivity index (χ1v) is 13.4. The zero-order chi connectivity index (χ0) is 25.4. The Morgan fingerprint density at radius 2 is 2.08 bits per heavy atom. The van der Waals surface area contributed by atoms with Gasteiger partial charge >= 0.3 is 0 Å². The molecule has 5 rings (SSSR count). The molecule has 1 saturated carbocycles. The predicted octanol–water partition coefficient (Wildman–Crippen LogP) is 3.84. The molecule has 0 saturated heterocycles. The highest BCUT2D eigenvalue weighted by Gasteiger charge is 2.36. The highest BCUT2D eigenvalue weighted by atomic mass is 32.2. The third kappa shape index (κ3) is 4.42. The van der Waals surface area contributed by atoms with E-state index in [4.69, 9.17) is 15.6 Å². The Hall–Kier alpha value is -3.14. The van der Waals surface area contributed by atoms with E-state index in [0.717, 1.165) is 64.4 Å². The molecule has 0 radical (unpaired) electrons. The van der Waals surface area contributed by atoms with Crippen LogP contribution in [0.1, 0.15) is 54.6 Å². The fourth-order valence-electron chi connectivity index (χ4n) is 5.46. The molecule has 4 heterocycles. The molecule has 36 heavy (non-hydrogen) atoms. The molecule has 1 aliphatic heterocycles. The minimum absolute atomic E-state index is 0.123. The molecule has 9 nitrogen and oxygen atoms in total. The van der Waals surface area contributed by atoms with Gasteiger partial charge in [-0.25, -0.2) is 9.67 Å². The zero-order valence-corrected chi connectivity index (χ0v) is 22.0. The van der Waals surface area contributed by atoms with Gasteiger partial charge in [-0.1, -0.05) is 37.1 Å². The summed E-state index contributed by atoms with van der Waals surface area (Å²) >= 11 is 1.48. The summed E-state index contributed by atoms with van der Waals surface area (Å²) in [5.41, 5.74) is 10.4. The van der Waals surface area contributed by atoms with Crippen molar-refractivity contribution in [3.63, 3.8) is 0 Å². The minimum atomic E-state index is -0.306. The number of rotatable bonds is 7. The lowest BCUT2D eigenvalue weighted by molar-refractivity contribution is -0.133. The molecule has 3 aromatic rings. The number of ether oxygens (including phenoxy) is 1. The topological polar surface area (TPSA) is 112 Å². The molecule has 1 fully saturated rings. The van der Waals surface area contributed by atoms with E-state index >= 15 is 0 Å². The van der Waals surface area contributed by atoms with Crippen LogP contribution in [0.25, 0.3) is 11.0 Å². The van der Waals surface area contributed by atoms with E-state index in [-0.39, 0.29) is 23.1 Å². The van der Waals surface area contributed by atoms with Crippen molar-refractivity contribution in [2.24, 2.45) is 0 Å². The Bertz CT molecular complexity index is 1320. The number of nitrogens with zero attached hydrogens (tertiary/aromatic N) is 6. The average Bonchev–Trinajstić information content (AvgIpc) is 3.22. The van der Waals surface area contributed by atoms with Gasteiger partial charge in [0.1, 0.15) is 10.8 Å². The van der Waals surface area contributed by atoms with E-state index < -0.39 is 0 Å². The summed E-state index contributed by atoms with van der Waals surface area (Å²) in [6.07, 6.45) is 9.83. The monoisotopic (exact) mass is 507 g/mol. The van der Waals surface area contributed by atoms with Crippen molar-refractivity contribution in [2.45, 2.75) is 75.2 Å². The number of carbonyl (C=O) groups is 1. The van der Waals surface area contributed by atoms with Gasteiger partial charge in [0, 0.05) is 36.3 Å². The number of methoxy groups -OCH3 is 1. The smallest absolute Gasteiger partial charge is 0.237 e. The van der Waals surface area contributed by atoms with Crippen molar-refractivity contribution in [3.8, 4) is 5.75 Å². The SMILES string of the molecule is C=CCN(C(=O)C1Cc2nn(Cc3ncc(C)c(OC)c3C)c3nc(N)nc(c23)S1)C1CCCCC1. The van der Waals surface area contributed by atoms with Gasteiger partial charge in [-0.2, -0.15) is 10.1 Å². The molecule has 0 bridgehead atoms. The maximum atomic E-state index is 13.8. The quantitative estimate of drug-likeness (QED) is 0.379. The first-order valence-electron chi connectivity index (χ1n) is 12.5. The number of anilines is 1. The molecular weight excluding hydrogens is 474 g/mol. The first-order chi connectivity index (χ1) is 17.4. The van der Waals surface area contributed by atoms with Gasteiger partial charge in [0.15, 0.2) is 5.65 Å². The Kier molecular flexibility index (Phi) is 6.87. The van der Waals surface area contributed by atoms with Crippen molar-refractivity contribution < 1.29 is 9.53 Å². The van der Waals surface area contributed by atoms with Gasteiger partial charge in [0.2, 0.25) is 11.9 Å².